The van der Waals surface area contributed by atoms with Gasteiger partial charge in [-0.15, -0.1) is 10.2 Å². The minimum absolute atomic E-state index is 0.0190. The highest BCUT2D eigenvalue weighted by Gasteiger charge is 2.30. The molecule has 1 saturated heterocycles. The minimum Gasteiger partial charge on any atom is -0.379 e. The van der Waals surface area contributed by atoms with E-state index in [0.717, 1.165) is 56.7 Å². The fourth-order valence-corrected chi connectivity index (χ4v) is 6.30. The molecule has 43 heavy (non-hydrogen) atoms. The summed E-state index contributed by atoms with van der Waals surface area (Å²) < 4.78 is 21.8. The number of benzene rings is 2. The van der Waals surface area contributed by atoms with E-state index < -0.39 is 5.82 Å². The van der Waals surface area contributed by atoms with Crippen LogP contribution < -0.4 is 5.32 Å². The SMILES string of the molecule is O=C(Cc1ccc(Cl)cc1-n1c(C2CCCCC2)nc(-c2nn[nH]n2)c1-c1ccc(F)c(Cl)c1)NCCN1CCOCC1. The van der Waals surface area contributed by atoms with Crippen molar-refractivity contribution in [2.24, 2.45) is 0 Å². The maximum atomic E-state index is 14.3. The molecule has 2 fully saturated rings. The van der Waals surface area contributed by atoms with E-state index in [1.54, 1.807) is 18.2 Å². The Morgan fingerprint density at radius 1 is 1.09 bits per heavy atom. The topological polar surface area (TPSA) is 114 Å². The minimum atomic E-state index is -0.526. The van der Waals surface area contributed by atoms with Gasteiger partial charge in [-0.25, -0.2) is 9.37 Å². The van der Waals surface area contributed by atoms with Crippen molar-refractivity contribution in [2.45, 2.75) is 44.4 Å². The molecule has 1 amide bonds. The first-order chi connectivity index (χ1) is 21.0. The van der Waals surface area contributed by atoms with Crippen molar-refractivity contribution in [3.8, 4) is 28.5 Å². The van der Waals surface area contributed by atoms with Gasteiger partial charge in [-0.05, 0) is 54.0 Å². The molecule has 1 aliphatic carbocycles. The number of amides is 1. The van der Waals surface area contributed by atoms with Gasteiger partial charge >= 0.3 is 0 Å². The van der Waals surface area contributed by atoms with E-state index in [1.165, 1.54) is 12.5 Å². The van der Waals surface area contributed by atoms with Crippen molar-refractivity contribution in [2.75, 3.05) is 39.4 Å². The number of tetrazole rings is 1. The van der Waals surface area contributed by atoms with E-state index in [4.69, 9.17) is 32.9 Å². The Morgan fingerprint density at radius 3 is 2.65 bits per heavy atom. The molecule has 0 bridgehead atoms. The quantitative estimate of drug-likeness (QED) is 0.262. The first-order valence-electron chi connectivity index (χ1n) is 14.7. The summed E-state index contributed by atoms with van der Waals surface area (Å²) in [5.41, 5.74) is 3.23. The fourth-order valence-electron chi connectivity index (χ4n) is 5.95. The van der Waals surface area contributed by atoms with E-state index in [1.807, 2.05) is 16.7 Å². The lowest BCUT2D eigenvalue weighted by atomic mass is 9.88. The summed E-state index contributed by atoms with van der Waals surface area (Å²) >= 11 is 12.9. The Labute approximate surface area is 258 Å². The van der Waals surface area contributed by atoms with Crippen molar-refractivity contribution in [1.29, 1.82) is 0 Å². The number of carbonyl (C=O) groups is 1. The van der Waals surface area contributed by atoms with Crippen LogP contribution in [0, 0.1) is 5.82 Å². The van der Waals surface area contributed by atoms with Gasteiger partial charge in [0.05, 0.1) is 36.0 Å². The zero-order chi connectivity index (χ0) is 29.8. The Hall–Kier alpha value is -3.38. The number of aromatic nitrogens is 6. The first kappa shape index (κ1) is 29.7. The number of hydrogen-bond acceptors (Lipinski definition) is 7. The third kappa shape index (κ3) is 6.75. The zero-order valence-electron chi connectivity index (χ0n) is 23.7. The van der Waals surface area contributed by atoms with Gasteiger partial charge in [0.1, 0.15) is 17.3 Å². The van der Waals surface area contributed by atoms with Crippen LogP contribution in [0.4, 0.5) is 4.39 Å². The van der Waals surface area contributed by atoms with Crippen molar-refractivity contribution >= 4 is 29.1 Å². The van der Waals surface area contributed by atoms with Gasteiger partial charge in [0.2, 0.25) is 11.7 Å². The maximum Gasteiger partial charge on any atom is 0.225 e. The van der Waals surface area contributed by atoms with Crippen LogP contribution in [0.5, 0.6) is 0 Å². The van der Waals surface area contributed by atoms with E-state index in [0.29, 0.717) is 53.2 Å². The van der Waals surface area contributed by atoms with Gasteiger partial charge in [0.25, 0.3) is 0 Å². The number of H-pyrrole nitrogens is 1. The third-order valence-electron chi connectivity index (χ3n) is 8.12. The Bertz CT molecular complexity index is 1570. The van der Waals surface area contributed by atoms with Crippen LogP contribution in [0.1, 0.15) is 49.4 Å². The number of carbonyl (C=O) groups excluding carboxylic acids is 1. The molecule has 0 atom stereocenters. The highest BCUT2D eigenvalue weighted by Crippen LogP contribution is 2.42. The fraction of sp³-hybridized carbons (Fsp3) is 0.433. The van der Waals surface area contributed by atoms with Gasteiger partial charge in [0.15, 0.2) is 0 Å². The molecule has 226 valence electrons. The van der Waals surface area contributed by atoms with Gasteiger partial charge < -0.3 is 10.1 Å². The number of rotatable bonds is 9. The molecule has 2 aromatic carbocycles. The monoisotopic (exact) mass is 626 g/mol. The Balaban J connectivity index is 1.43. The molecule has 0 unspecified atom stereocenters. The molecule has 13 heteroatoms. The highest BCUT2D eigenvalue weighted by atomic mass is 35.5. The summed E-state index contributed by atoms with van der Waals surface area (Å²) in [7, 11) is 0. The number of morpholine rings is 1. The van der Waals surface area contributed by atoms with Crippen LogP contribution in [-0.2, 0) is 16.0 Å². The molecule has 2 N–H and O–H groups in total. The summed E-state index contributed by atoms with van der Waals surface area (Å²) in [6.07, 6.45) is 5.40. The number of nitrogens with one attached hydrogen (secondary N) is 2. The smallest absolute Gasteiger partial charge is 0.225 e. The second-order valence-electron chi connectivity index (χ2n) is 11.0. The van der Waals surface area contributed by atoms with Crippen LogP contribution in [0.2, 0.25) is 10.0 Å². The molecule has 4 aromatic rings. The normalized spacial score (nSPS) is 16.4. The van der Waals surface area contributed by atoms with Crippen LogP contribution in [0.25, 0.3) is 28.5 Å². The lowest BCUT2D eigenvalue weighted by Gasteiger charge is -2.26. The average Bonchev–Trinajstić information content (AvgIpc) is 3.69. The van der Waals surface area contributed by atoms with Crippen LogP contribution in [-0.4, -0.2) is 80.4 Å². The molecule has 1 aliphatic heterocycles. The number of ether oxygens (including phenoxy) is 1. The second kappa shape index (κ2) is 13.5. The molecular formula is C30H33Cl2FN8O2. The van der Waals surface area contributed by atoms with Crippen LogP contribution in [0.3, 0.4) is 0 Å². The van der Waals surface area contributed by atoms with Crippen LogP contribution >= 0.6 is 23.2 Å². The average molecular weight is 628 g/mol. The predicted octanol–water partition coefficient (Wildman–Crippen LogP) is 5.20. The van der Waals surface area contributed by atoms with Gasteiger partial charge in [0, 0.05) is 42.7 Å². The molecular weight excluding hydrogens is 594 g/mol. The van der Waals surface area contributed by atoms with Crippen LogP contribution in [0.15, 0.2) is 36.4 Å². The van der Waals surface area contributed by atoms with E-state index in [2.05, 4.69) is 30.8 Å². The molecule has 2 aliphatic rings. The summed E-state index contributed by atoms with van der Waals surface area (Å²) in [6.45, 7) is 4.45. The van der Waals surface area contributed by atoms with Gasteiger partial charge in [-0.2, -0.15) is 5.21 Å². The number of hydrogen-bond donors (Lipinski definition) is 2. The lowest BCUT2D eigenvalue weighted by Crippen LogP contribution is -2.41. The summed E-state index contributed by atoms with van der Waals surface area (Å²) in [5, 5.41) is 18.3. The second-order valence-corrected chi connectivity index (χ2v) is 11.8. The van der Waals surface area contributed by atoms with E-state index in [-0.39, 0.29) is 23.3 Å². The first-order valence-corrected chi connectivity index (χ1v) is 15.4. The van der Waals surface area contributed by atoms with E-state index >= 15 is 0 Å². The van der Waals surface area contributed by atoms with Crippen molar-refractivity contribution in [3.05, 3.63) is 63.6 Å². The summed E-state index contributed by atoms with van der Waals surface area (Å²) in [5.74, 6) is 0.642. The Morgan fingerprint density at radius 2 is 1.91 bits per heavy atom. The predicted molar refractivity (Wildman–Crippen MR) is 162 cm³/mol. The molecule has 2 aromatic heterocycles. The molecule has 10 nitrogen and oxygen atoms in total. The largest absolute Gasteiger partial charge is 0.379 e. The van der Waals surface area contributed by atoms with Gasteiger partial charge in [-0.3, -0.25) is 14.3 Å². The third-order valence-corrected chi connectivity index (χ3v) is 8.64. The van der Waals surface area contributed by atoms with Crippen molar-refractivity contribution in [1.82, 2.24) is 40.4 Å². The number of halogens is 3. The molecule has 0 radical (unpaired) electrons. The van der Waals surface area contributed by atoms with Crippen molar-refractivity contribution in [3.63, 3.8) is 0 Å². The van der Waals surface area contributed by atoms with Gasteiger partial charge in [-0.1, -0.05) is 48.5 Å². The number of imidazole rings is 1. The zero-order valence-corrected chi connectivity index (χ0v) is 25.2. The summed E-state index contributed by atoms with van der Waals surface area (Å²) in [4.78, 5) is 20.6. The highest BCUT2D eigenvalue weighted by molar-refractivity contribution is 6.31. The number of aromatic amines is 1. The number of nitrogens with zero attached hydrogens (tertiary/aromatic N) is 6. The lowest BCUT2D eigenvalue weighted by molar-refractivity contribution is -0.120. The maximum absolute atomic E-state index is 14.3. The molecule has 6 rings (SSSR count). The molecule has 3 heterocycles. The van der Waals surface area contributed by atoms with Crippen molar-refractivity contribution < 1.29 is 13.9 Å². The summed E-state index contributed by atoms with van der Waals surface area (Å²) in [6, 6.07) is 10.1. The standard InChI is InChI=1S/C30H33Cl2FN8O2/c31-22-8-6-20(17-26(42)34-10-11-40-12-14-43-15-13-40)25(18-22)41-28(21-7-9-24(33)23(32)16-21)27(29-36-38-39-37-29)35-30(41)19-4-2-1-3-5-19/h6-9,16,18-19H,1-5,10-15,17H2,(H,34,42)(H,36,37,38,39). The molecule has 0 spiro atoms. The molecule has 1 saturated carbocycles. The Kier molecular flexibility index (Phi) is 9.32. The van der Waals surface area contributed by atoms with E-state index in [9.17, 15) is 9.18 Å².